The lowest BCUT2D eigenvalue weighted by Crippen LogP contribution is -2.12. The lowest BCUT2D eigenvalue weighted by Gasteiger charge is -2.13. The number of aromatic nitrogens is 2. The van der Waals surface area contributed by atoms with Crippen LogP contribution in [0.15, 0.2) is 60.7 Å². The van der Waals surface area contributed by atoms with E-state index in [9.17, 15) is 10.2 Å². The van der Waals surface area contributed by atoms with Crippen LogP contribution in [-0.4, -0.2) is 20.0 Å². The zero-order valence-electron chi connectivity index (χ0n) is 12.4. The third-order valence-electron chi connectivity index (χ3n) is 3.70. The molecule has 0 amide bonds. The molecule has 23 heavy (non-hydrogen) atoms. The Morgan fingerprint density at radius 1 is 1.04 bits per heavy atom. The zero-order chi connectivity index (χ0) is 16.2. The van der Waals surface area contributed by atoms with Crippen molar-refractivity contribution < 1.29 is 10.2 Å². The van der Waals surface area contributed by atoms with E-state index in [-0.39, 0.29) is 13.2 Å². The maximum absolute atomic E-state index is 10.4. The number of nitrogens with zero attached hydrogens (tertiary/aromatic N) is 2. The van der Waals surface area contributed by atoms with Crippen LogP contribution in [0.1, 0.15) is 17.4 Å². The second-order valence-electron chi connectivity index (χ2n) is 5.29. The summed E-state index contributed by atoms with van der Waals surface area (Å²) in [6, 6.07) is 18.6. The Labute approximate surface area is 139 Å². The molecule has 1 atom stereocenters. The fourth-order valence-electron chi connectivity index (χ4n) is 2.44. The van der Waals surface area contributed by atoms with E-state index < -0.39 is 6.10 Å². The Balaban J connectivity index is 1.84. The van der Waals surface area contributed by atoms with Gasteiger partial charge in [-0.05, 0) is 23.8 Å². The summed E-state index contributed by atoms with van der Waals surface area (Å²) in [5.41, 5.74) is 3.17. The molecule has 0 radical (unpaired) electrons. The quantitative estimate of drug-likeness (QED) is 0.754. The van der Waals surface area contributed by atoms with E-state index in [0.29, 0.717) is 10.7 Å². The molecular formula is C18H17ClN2O2. The van der Waals surface area contributed by atoms with E-state index in [4.69, 9.17) is 11.6 Å². The van der Waals surface area contributed by atoms with Crippen molar-refractivity contribution in [3.05, 3.63) is 76.9 Å². The predicted octanol–water partition coefficient (Wildman–Crippen LogP) is 3.43. The van der Waals surface area contributed by atoms with Crippen LogP contribution < -0.4 is 0 Å². The summed E-state index contributed by atoms with van der Waals surface area (Å²) in [6.07, 6.45) is -0.721. The van der Waals surface area contributed by atoms with Crippen molar-refractivity contribution in [2.24, 2.45) is 0 Å². The lowest BCUT2D eigenvalue weighted by atomic mass is 10.1. The molecule has 3 rings (SSSR count). The molecule has 0 aliphatic rings. The second-order valence-corrected chi connectivity index (χ2v) is 5.73. The highest BCUT2D eigenvalue weighted by Gasteiger charge is 2.14. The van der Waals surface area contributed by atoms with Crippen LogP contribution in [0.25, 0.3) is 11.3 Å². The fourth-order valence-corrected chi connectivity index (χ4v) is 2.57. The molecule has 1 unspecified atom stereocenters. The maximum atomic E-state index is 10.4. The average molecular weight is 329 g/mol. The second kappa shape index (κ2) is 6.96. The number of hydrogen-bond donors (Lipinski definition) is 2. The Hall–Kier alpha value is -2.14. The van der Waals surface area contributed by atoms with E-state index in [1.54, 1.807) is 28.9 Å². The molecule has 1 aromatic heterocycles. The van der Waals surface area contributed by atoms with E-state index in [1.807, 2.05) is 36.4 Å². The van der Waals surface area contributed by atoms with Crippen LogP contribution in [0.5, 0.6) is 0 Å². The normalized spacial score (nSPS) is 12.3. The minimum Gasteiger partial charge on any atom is -0.390 e. The molecule has 0 aliphatic carbocycles. The first kappa shape index (κ1) is 15.7. The third-order valence-corrected chi connectivity index (χ3v) is 3.95. The molecule has 3 aromatic rings. The Morgan fingerprint density at radius 2 is 1.74 bits per heavy atom. The summed E-state index contributed by atoms with van der Waals surface area (Å²) >= 11 is 5.86. The highest BCUT2D eigenvalue weighted by atomic mass is 35.5. The van der Waals surface area contributed by atoms with Gasteiger partial charge in [-0.25, -0.2) is 0 Å². The monoisotopic (exact) mass is 328 g/mol. The Kier molecular flexibility index (Phi) is 4.76. The molecule has 0 aliphatic heterocycles. The Bertz CT molecular complexity index is 769. The number of aliphatic hydroxyl groups excluding tert-OH is 2. The molecule has 0 fully saturated rings. The molecule has 0 saturated carbocycles. The van der Waals surface area contributed by atoms with Crippen LogP contribution in [0, 0.1) is 0 Å². The van der Waals surface area contributed by atoms with Crippen molar-refractivity contribution >= 4 is 11.6 Å². The highest BCUT2D eigenvalue weighted by Crippen LogP contribution is 2.22. The van der Waals surface area contributed by atoms with Crippen LogP contribution in [0.4, 0.5) is 0 Å². The topological polar surface area (TPSA) is 58.3 Å². The van der Waals surface area contributed by atoms with Gasteiger partial charge in [-0.15, -0.1) is 0 Å². The molecule has 4 nitrogen and oxygen atoms in total. The average Bonchev–Trinajstić information content (AvgIpc) is 2.99. The number of halogens is 1. The van der Waals surface area contributed by atoms with E-state index in [0.717, 1.165) is 16.8 Å². The van der Waals surface area contributed by atoms with E-state index in [2.05, 4.69) is 5.10 Å². The van der Waals surface area contributed by atoms with Gasteiger partial charge in [0.25, 0.3) is 0 Å². The van der Waals surface area contributed by atoms with Crippen LogP contribution in [-0.2, 0) is 13.2 Å². The number of aliphatic hydroxyl groups is 2. The lowest BCUT2D eigenvalue weighted by molar-refractivity contribution is 0.147. The summed E-state index contributed by atoms with van der Waals surface area (Å²) in [7, 11) is 0. The first-order chi connectivity index (χ1) is 11.2. The molecule has 2 N–H and O–H groups in total. The molecule has 0 bridgehead atoms. The predicted molar refractivity (Wildman–Crippen MR) is 90.0 cm³/mol. The molecule has 0 saturated heterocycles. The van der Waals surface area contributed by atoms with Gasteiger partial charge in [0.1, 0.15) is 0 Å². The summed E-state index contributed by atoms with van der Waals surface area (Å²) in [4.78, 5) is 0. The number of benzene rings is 2. The zero-order valence-corrected chi connectivity index (χ0v) is 13.2. The molecule has 1 heterocycles. The SMILES string of the molecule is OCc1cc(-c2ccccc2)nn1CC(O)c1ccc(Cl)cc1. The van der Waals surface area contributed by atoms with Crippen molar-refractivity contribution in [3.63, 3.8) is 0 Å². The van der Waals surface area contributed by atoms with Crippen molar-refractivity contribution in [1.82, 2.24) is 9.78 Å². The van der Waals surface area contributed by atoms with Crippen molar-refractivity contribution in [1.29, 1.82) is 0 Å². The molecule has 2 aromatic carbocycles. The summed E-state index contributed by atoms with van der Waals surface area (Å²) in [5, 5.41) is 25.0. The van der Waals surface area contributed by atoms with Gasteiger partial charge in [0.05, 0.1) is 30.6 Å². The third kappa shape index (κ3) is 3.62. The van der Waals surface area contributed by atoms with Gasteiger partial charge < -0.3 is 10.2 Å². The largest absolute Gasteiger partial charge is 0.390 e. The minimum absolute atomic E-state index is 0.132. The van der Waals surface area contributed by atoms with Crippen LogP contribution >= 0.6 is 11.6 Å². The first-order valence-corrected chi connectivity index (χ1v) is 7.71. The maximum Gasteiger partial charge on any atom is 0.0986 e. The molecule has 118 valence electrons. The molecule has 5 heteroatoms. The van der Waals surface area contributed by atoms with Gasteiger partial charge in [0, 0.05) is 10.6 Å². The van der Waals surface area contributed by atoms with Crippen LogP contribution in [0.3, 0.4) is 0 Å². The standard InChI is InChI=1S/C18H17ClN2O2/c19-15-8-6-14(7-9-15)18(23)11-21-16(12-22)10-17(20-21)13-4-2-1-3-5-13/h1-10,18,22-23H,11-12H2. The summed E-state index contributed by atoms with van der Waals surface area (Å²) in [6.45, 7) is 0.136. The minimum atomic E-state index is -0.721. The fraction of sp³-hybridized carbons (Fsp3) is 0.167. The van der Waals surface area contributed by atoms with Gasteiger partial charge in [0.2, 0.25) is 0 Å². The summed E-state index contributed by atoms with van der Waals surface area (Å²) in [5.74, 6) is 0. The van der Waals surface area contributed by atoms with Gasteiger partial charge in [-0.2, -0.15) is 5.10 Å². The summed E-state index contributed by atoms with van der Waals surface area (Å²) < 4.78 is 1.64. The molecular weight excluding hydrogens is 312 g/mol. The number of hydrogen-bond acceptors (Lipinski definition) is 3. The smallest absolute Gasteiger partial charge is 0.0986 e. The Morgan fingerprint density at radius 3 is 2.39 bits per heavy atom. The highest BCUT2D eigenvalue weighted by molar-refractivity contribution is 6.30. The van der Waals surface area contributed by atoms with E-state index >= 15 is 0 Å². The van der Waals surface area contributed by atoms with Crippen molar-refractivity contribution in [2.75, 3.05) is 0 Å². The number of rotatable bonds is 5. The van der Waals surface area contributed by atoms with Crippen molar-refractivity contribution in [3.8, 4) is 11.3 Å². The first-order valence-electron chi connectivity index (χ1n) is 7.34. The van der Waals surface area contributed by atoms with Gasteiger partial charge in [-0.3, -0.25) is 4.68 Å². The van der Waals surface area contributed by atoms with Gasteiger partial charge in [-0.1, -0.05) is 54.1 Å². The van der Waals surface area contributed by atoms with E-state index in [1.165, 1.54) is 0 Å². The van der Waals surface area contributed by atoms with Gasteiger partial charge >= 0.3 is 0 Å². The van der Waals surface area contributed by atoms with Crippen LogP contribution in [0.2, 0.25) is 5.02 Å². The van der Waals surface area contributed by atoms with Crippen molar-refractivity contribution in [2.45, 2.75) is 19.3 Å². The van der Waals surface area contributed by atoms with Gasteiger partial charge in [0.15, 0.2) is 0 Å². The molecule has 0 spiro atoms.